The third-order valence-electron chi connectivity index (χ3n) is 1.45. The SMILES string of the molecule is C[C@H](O)c1ccccc1[AsH2]. The molecule has 0 aromatic heterocycles. The van der Waals surface area contributed by atoms with E-state index < -0.39 is 0 Å². The Balaban J connectivity index is 3.03. The Morgan fingerprint density at radius 2 is 2.00 bits per heavy atom. The van der Waals surface area contributed by atoms with E-state index in [1.807, 2.05) is 24.3 Å². The quantitative estimate of drug-likeness (QED) is 0.629. The fraction of sp³-hybridized carbons (Fsp3) is 0.250. The van der Waals surface area contributed by atoms with Crippen molar-refractivity contribution in [2.75, 3.05) is 0 Å². The van der Waals surface area contributed by atoms with Gasteiger partial charge in [0.2, 0.25) is 0 Å². The average Bonchev–Trinajstić information content (AvgIpc) is 1.88. The monoisotopic (exact) mass is 198 g/mol. The molecule has 0 bridgehead atoms. The molecule has 1 unspecified atom stereocenters. The van der Waals surface area contributed by atoms with E-state index in [0.717, 1.165) is 5.56 Å². The molecule has 2 atom stereocenters. The number of rotatable bonds is 1. The van der Waals surface area contributed by atoms with Crippen LogP contribution in [0.25, 0.3) is 0 Å². The normalized spacial score (nSPS) is 13.1. The van der Waals surface area contributed by atoms with E-state index in [1.165, 1.54) is 4.35 Å². The van der Waals surface area contributed by atoms with Gasteiger partial charge < -0.3 is 0 Å². The topological polar surface area (TPSA) is 20.2 Å². The van der Waals surface area contributed by atoms with Crippen LogP contribution in [0.1, 0.15) is 18.6 Å². The first-order valence-corrected chi connectivity index (χ1v) is 4.45. The maximum atomic E-state index is 9.21. The van der Waals surface area contributed by atoms with Crippen molar-refractivity contribution in [3.63, 3.8) is 0 Å². The summed E-state index contributed by atoms with van der Waals surface area (Å²) >= 11 is 1.56. The molecular weight excluding hydrogens is 187 g/mol. The van der Waals surface area contributed by atoms with Crippen LogP contribution in [0.3, 0.4) is 0 Å². The Morgan fingerprint density at radius 3 is 2.40 bits per heavy atom. The molecule has 2 heteroatoms. The first-order valence-electron chi connectivity index (χ1n) is 3.24. The van der Waals surface area contributed by atoms with Gasteiger partial charge in [0.25, 0.3) is 0 Å². The van der Waals surface area contributed by atoms with Crippen LogP contribution >= 0.6 is 0 Å². The number of benzene rings is 1. The maximum absolute atomic E-state index is 9.21. The summed E-state index contributed by atoms with van der Waals surface area (Å²) in [6.07, 6.45) is -0.330. The second-order valence-corrected chi connectivity index (χ2v) is 3.61. The molecule has 0 saturated carbocycles. The molecular formula is C8H11AsO. The number of hydrogen-bond donors (Lipinski definition) is 1. The predicted molar refractivity (Wildman–Crippen MR) is 45.3 cm³/mol. The summed E-state index contributed by atoms with van der Waals surface area (Å²) in [6.45, 7) is 1.79. The Bertz CT molecular complexity index is 220. The van der Waals surface area contributed by atoms with Gasteiger partial charge in [-0.2, -0.15) is 0 Å². The first-order chi connectivity index (χ1) is 4.72. The molecule has 0 aliphatic carbocycles. The molecule has 0 saturated heterocycles. The Morgan fingerprint density at radius 1 is 1.40 bits per heavy atom. The van der Waals surface area contributed by atoms with E-state index in [9.17, 15) is 5.11 Å². The fourth-order valence-electron chi connectivity index (χ4n) is 0.891. The van der Waals surface area contributed by atoms with Gasteiger partial charge >= 0.3 is 69.2 Å². The van der Waals surface area contributed by atoms with E-state index in [4.69, 9.17) is 0 Å². The average molecular weight is 198 g/mol. The summed E-state index contributed by atoms with van der Waals surface area (Å²) in [4.78, 5) is 0. The van der Waals surface area contributed by atoms with E-state index in [2.05, 4.69) is 0 Å². The second-order valence-electron chi connectivity index (χ2n) is 2.30. The number of hydrogen-bond acceptors (Lipinski definition) is 1. The van der Waals surface area contributed by atoms with Crippen LogP contribution in [0.15, 0.2) is 24.3 Å². The van der Waals surface area contributed by atoms with Gasteiger partial charge in [-0.05, 0) is 0 Å². The standard InChI is InChI=1S/C8H11AsO/c1-6(10)7-4-2-3-5-8(7)9/h2-6,10H,9H2,1H3/t6-/m0/s1. The van der Waals surface area contributed by atoms with Gasteiger partial charge in [-0.3, -0.25) is 0 Å². The molecule has 1 nitrogen and oxygen atoms in total. The molecule has 1 aromatic rings. The summed E-state index contributed by atoms with van der Waals surface area (Å²) in [5, 5.41) is 9.21. The summed E-state index contributed by atoms with van der Waals surface area (Å²) < 4.78 is 1.21. The molecule has 0 spiro atoms. The van der Waals surface area contributed by atoms with Crippen LogP contribution in [-0.2, 0) is 0 Å². The van der Waals surface area contributed by atoms with Crippen molar-refractivity contribution in [3.05, 3.63) is 29.8 Å². The summed E-state index contributed by atoms with van der Waals surface area (Å²) in [7, 11) is 0. The van der Waals surface area contributed by atoms with Gasteiger partial charge in [-0.1, -0.05) is 0 Å². The van der Waals surface area contributed by atoms with Crippen LogP contribution in [-0.4, -0.2) is 22.0 Å². The third-order valence-corrected chi connectivity index (χ3v) is 2.55. The van der Waals surface area contributed by atoms with Crippen molar-refractivity contribution in [1.82, 2.24) is 0 Å². The zero-order valence-electron chi connectivity index (χ0n) is 5.91. The fourth-order valence-corrected chi connectivity index (χ4v) is 1.83. The van der Waals surface area contributed by atoms with Crippen LogP contribution in [0.5, 0.6) is 0 Å². The zero-order chi connectivity index (χ0) is 7.56. The van der Waals surface area contributed by atoms with Crippen LogP contribution in [0, 0.1) is 0 Å². The van der Waals surface area contributed by atoms with Crippen molar-refractivity contribution in [3.8, 4) is 0 Å². The van der Waals surface area contributed by atoms with Gasteiger partial charge in [-0.15, -0.1) is 0 Å². The van der Waals surface area contributed by atoms with Crippen molar-refractivity contribution >= 4 is 21.2 Å². The van der Waals surface area contributed by atoms with E-state index >= 15 is 0 Å². The Hall–Kier alpha value is -0.262. The van der Waals surface area contributed by atoms with Crippen molar-refractivity contribution in [1.29, 1.82) is 0 Å². The van der Waals surface area contributed by atoms with Gasteiger partial charge in [0.05, 0.1) is 0 Å². The third kappa shape index (κ3) is 1.62. The Kier molecular flexibility index (Phi) is 2.53. The van der Waals surface area contributed by atoms with E-state index in [0.29, 0.717) is 0 Å². The molecule has 0 fully saturated rings. The zero-order valence-corrected chi connectivity index (χ0v) is 8.33. The molecule has 0 heterocycles. The van der Waals surface area contributed by atoms with Crippen molar-refractivity contribution in [2.45, 2.75) is 13.0 Å². The first kappa shape index (κ1) is 7.84. The molecule has 1 rings (SSSR count). The molecule has 10 heavy (non-hydrogen) atoms. The number of aliphatic hydroxyl groups excluding tert-OH is 1. The van der Waals surface area contributed by atoms with Gasteiger partial charge in [0.1, 0.15) is 0 Å². The minimum absolute atomic E-state index is 0.330. The molecule has 54 valence electrons. The molecule has 0 aliphatic rings. The molecule has 0 aliphatic heterocycles. The van der Waals surface area contributed by atoms with Gasteiger partial charge in [-0.25, -0.2) is 0 Å². The van der Waals surface area contributed by atoms with E-state index in [-0.39, 0.29) is 6.10 Å². The van der Waals surface area contributed by atoms with E-state index in [1.54, 1.807) is 23.8 Å². The second kappa shape index (κ2) is 3.22. The molecule has 0 radical (unpaired) electrons. The summed E-state index contributed by atoms with van der Waals surface area (Å²) in [5.41, 5.74) is 1.04. The minimum atomic E-state index is -0.330. The van der Waals surface area contributed by atoms with Crippen molar-refractivity contribution in [2.24, 2.45) is 0 Å². The number of aliphatic hydroxyl groups is 1. The molecule has 0 amide bonds. The van der Waals surface area contributed by atoms with Crippen LogP contribution < -0.4 is 4.35 Å². The summed E-state index contributed by atoms with van der Waals surface area (Å²) in [5.74, 6) is 0. The predicted octanol–water partition coefficient (Wildman–Crippen LogP) is -0.00170. The molecule has 1 N–H and O–H groups in total. The van der Waals surface area contributed by atoms with Crippen molar-refractivity contribution < 1.29 is 5.11 Å². The van der Waals surface area contributed by atoms with Crippen LogP contribution in [0.4, 0.5) is 0 Å². The Labute approximate surface area is 69.6 Å². The van der Waals surface area contributed by atoms with Gasteiger partial charge in [0.15, 0.2) is 0 Å². The van der Waals surface area contributed by atoms with Gasteiger partial charge in [0, 0.05) is 0 Å². The molecule has 1 aromatic carbocycles. The van der Waals surface area contributed by atoms with Crippen LogP contribution in [0.2, 0.25) is 0 Å². The summed E-state index contributed by atoms with van der Waals surface area (Å²) in [6, 6.07) is 7.93.